The molecule has 0 heteroatoms. The molecule has 0 saturated heterocycles. The Morgan fingerprint density at radius 3 is 0.900 bits per heavy atom. The van der Waals surface area contributed by atoms with Crippen molar-refractivity contribution in [3.05, 3.63) is 0 Å². The molecule has 0 aromatic rings. The van der Waals surface area contributed by atoms with E-state index in [1.54, 1.807) is 0 Å². The zero-order valence-electron chi connectivity index (χ0n) is 8.24. The molecule has 1 aliphatic carbocycles. The molecule has 0 N–H and O–H groups in total. The molecule has 10 heavy (non-hydrogen) atoms. The molecular formula is C10H24. The van der Waals surface area contributed by atoms with E-state index in [4.69, 9.17) is 0 Å². The highest BCUT2D eigenvalue weighted by atomic mass is 14.0. The molecular weight excluding hydrogens is 120 g/mol. The molecule has 0 unspecified atom stereocenters. The van der Waals surface area contributed by atoms with Gasteiger partial charge in [0.05, 0.1) is 0 Å². The maximum absolute atomic E-state index is 2.12. The van der Waals surface area contributed by atoms with Crippen molar-refractivity contribution < 1.29 is 0 Å². The van der Waals surface area contributed by atoms with Gasteiger partial charge in [-0.3, -0.25) is 0 Å². The molecule has 0 aliphatic heterocycles. The molecule has 0 atom stereocenters. The van der Waals surface area contributed by atoms with Crippen LogP contribution in [0.2, 0.25) is 0 Å². The standard InChI is InChI=1S/C5H10.C3H8.C2H6/c1-2-4-5-3-1;1-3-2;1-2/h1-5H2;3H2,1-2H3;1-2H3. The Balaban J connectivity index is 0. The second-order valence-electron chi connectivity index (χ2n) is 2.47. The van der Waals surface area contributed by atoms with E-state index in [0.29, 0.717) is 0 Å². The largest absolute Gasteiger partial charge is 0.0683 e. The van der Waals surface area contributed by atoms with Crippen LogP contribution in [0.5, 0.6) is 0 Å². The van der Waals surface area contributed by atoms with Crippen molar-refractivity contribution in [2.75, 3.05) is 0 Å². The van der Waals surface area contributed by atoms with E-state index in [-0.39, 0.29) is 0 Å². The molecule has 0 radical (unpaired) electrons. The second-order valence-corrected chi connectivity index (χ2v) is 2.47. The second kappa shape index (κ2) is 16.0. The van der Waals surface area contributed by atoms with Crippen LogP contribution in [0, 0.1) is 0 Å². The summed E-state index contributed by atoms with van der Waals surface area (Å²) in [5.74, 6) is 0. The zero-order chi connectivity index (χ0) is 8.24. The van der Waals surface area contributed by atoms with Gasteiger partial charge in [-0.05, 0) is 0 Å². The lowest BCUT2D eigenvalue weighted by molar-refractivity contribution is 0.886. The van der Waals surface area contributed by atoms with Crippen molar-refractivity contribution >= 4 is 0 Å². The summed E-state index contributed by atoms with van der Waals surface area (Å²) in [5.41, 5.74) is 0. The van der Waals surface area contributed by atoms with Crippen molar-refractivity contribution in [2.45, 2.75) is 66.2 Å². The van der Waals surface area contributed by atoms with Crippen LogP contribution in [0.4, 0.5) is 0 Å². The van der Waals surface area contributed by atoms with Crippen molar-refractivity contribution in [1.29, 1.82) is 0 Å². The molecule has 0 aromatic carbocycles. The lowest BCUT2D eigenvalue weighted by atomic mass is 10.4. The van der Waals surface area contributed by atoms with Gasteiger partial charge >= 0.3 is 0 Å². The van der Waals surface area contributed by atoms with Gasteiger partial charge in [0.25, 0.3) is 0 Å². The Morgan fingerprint density at radius 2 is 0.800 bits per heavy atom. The molecule has 0 aromatic heterocycles. The smallest absolute Gasteiger partial charge is 0.0533 e. The average molecular weight is 144 g/mol. The molecule has 0 bridgehead atoms. The van der Waals surface area contributed by atoms with Crippen LogP contribution >= 0.6 is 0 Å². The topological polar surface area (TPSA) is 0 Å². The highest BCUT2D eigenvalue weighted by Crippen LogP contribution is 2.15. The normalized spacial score (nSPS) is 14.4. The summed E-state index contributed by atoms with van der Waals surface area (Å²) in [6.45, 7) is 8.25. The van der Waals surface area contributed by atoms with Crippen LogP contribution in [0.1, 0.15) is 66.2 Å². The summed E-state index contributed by atoms with van der Waals surface area (Å²) < 4.78 is 0. The summed E-state index contributed by atoms with van der Waals surface area (Å²) in [4.78, 5) is 0. The first kappa shape index (κ1) is 12.7. The zero-order valence-corrected chi connectivity index (χ0v) is 8.24. The van der Waals surface area contributed by atoms with Crippen LogP contribution in [0.25, 0.3) is 0 Å². The number of hydrogen-bond acceptors (Lipinski definition) is 0. The Bertz CT molecular complexity index is 19.4. The van der Waals surface area contributed by atoms with Gasteiger partial charge in [-0.2, -0.15) is 0 Å². The van der Waals surface area contributed by atoms with E-state index in [1.165, 1.54) is 38.5 Å². The molecule has 1 saturated carbocycles. The summed E-state index contributed by atoms with van der Waals surface area (Å²) >= 11 is 0. The number of rotatable bonds is 0. The van der Waals surface area contributed by atoms with Crippen LogP contribution in [-0.2, 0) is 0 Å². The third-order valence-electron chi connectivity index (χ3n) is 1.25. The maximum Gasteiger partial charge on any atom is -0.0533 e. The quantitative estimate of drug-likeness (QED) is 0.473. The molecule has 0 amide bonds. The first-order valence-electron chi connectivity index (χ1n) is 4.91. The highest BCUT2D eigenvalue weighted by Gasteiger charge is 1.95. The van der Waals surface area contributed by atoms with Gasteiger partial charge in [-0.1, -0.05) is 66.2 Å². The van der Waals surface area contributed by atoms with E-state index in [0.717, 1.165) is 0 Å². The van der Waals surface area contributed by atoms with E-state index in [9.17, 15) is 0 Å². The van der Waals surface area contributed by atoms with Crippen molar-refractivity contribution in [2.24, 2.45) is 0 Å². The predicted molar refractivity (Wildman–Crippen MR) is 50.4 cm³/mol. The van der Waals surface area contributed by atoms with Crippen LogP contribution < -0.4 is 0 Å². The molecule has 1 fully saturated rings. The van der Waals surface area contributed by atoms with Gasteiger partial charge in [-0.15, -0.1) is 0 Å². The van der Waals surface area contributed by atoms with Crippen molar-refractivity contribution in [3.8, 4) is 0 Å². The summed E-state index contributed by atoms with van der Waals surface area (Å²) in [6, 6.07) is 0. The Morgan fingerprint density at radius 1 is 0.700 bits per heavy atom. The lowest BCUT2D eigenvalue weighted by Crippen LogP contribution is -1.47. The van der Waals surface area contributed by atoms with Crippen LogP contribution in [-0.4, -0.2) is 0 Å². The van der Waals surface area contributed by atoms with Gasteiger partial charge in [0, 0.05) is 0 Å². The lowest BCUT2D eigenvalue weighted by Gasteiger charge is -1.67. The van der Waals surface area contributed by atoms with Gasteiger partial charge in [0.15, 0.2) is 0 Å². The minimum atomic E-state index is 1.25. The first-order valence-corrected chi connectivity index (χ1v) is 4.91. The van der Waals surface area contributed by atoms with Crippen LogP contribution in [0.3, 0.4) is 0 Å². The van der Waals surface area contributed by atoms with E-state index >= 15 is 0 Å². The van der Waals surface area contributed by atoms with Gasteiger partial charge in [0.1, 0.15) is 0 Å². The van der Waals surface area contributed by atoms with E-state index < -0.39 is 0 Å². The monoisotopic (exact) mass is 144 g/mol. The van der Waals surface area contributed by atoms with Gasteiger partial charge < -0.3 is 0 Å². The van der Waals surface area contributed by atoms with Crippen molar-refractivity contribution in [3.63, 3.8) is 0 Å². The highest BCUT2D eigenvalue weighted by molar-refractivity contribution is 4.51. The van der Waals surface area contributed by atoms with Gasteiger partial charge in [-0.25, -0.2) is 0 Å². The van der Waals surface area contributed by atoms with Crippen molar-refractivity contribution in [1.82, 2.24) is 0 Å². The van der Waals surface area contributed by atoms with E-state index in [2.05, 4.69) is 13.8 Å². The minimum Gasteiger partial charge on any atom is -0.0683 e. The van der Waals surface area contributed by atoms with Gasteiger partial charge in [0.2, 0.25) is 0 Å². The average Bonchev–Trinajstić information content (AvgIpc) is 2.48. The predicted octanol–water partition coefficient (Wildman–Crippen LogP) is 4.39. The van der Waals surface area contributed by atoms with Crippen LogP contribution in [0.15, 0.2) is 0 Å². The fourth-order valence-corrected chi connectivity index (χ4v) is 0.884. The molecule has 0 nitrogen and oxygen atoms in total. The molecule has 0 heterocycles. The molecule has 1 aliphatic rings. The Hall–Kier alpha value is 0. The summed E-state index contributed by atoms with van der Waals surface area (Å²) in [5, 5.41) is 0. The Labute approximate surface area is 67.0 Å². The molecule has 1 rings (SSSR count). The number of hydrogen-bond donors (Lipinski definition) is 0. The first-order chi connectivity index (χ1) is 4.91. The minimum absolute atomic E-state index is 1.25. The fraction of sp³-hybridized carbons (Fsp3) is 1.00. The summed E-state index contributed by atoms with van der Waals surface area (Å²) in [6.07, 6.45) is 8.75. The SMILES string of the molecule is C1CCCC1.CC.CCC. The fourth-order valence-electron chi connectivity index (χ4n) is 0.884. The van der Waals surface area contributed by atoms with E-state index in [1.807, 2.05) is 13.8 Å². The molecule has 64 valence electrons. The summed E-state index contributed by atoms with van der Waals surface area (Å²) in [7, 11) is 0. The third-order valence-corrected chi connectivity index (χ3v) is 1.25. The maximum atomic E-state index is 2.12. The third kappa shape index (κ3) is 15.7. The molecule has 0 spiro atoms. The Kier molecular flexibility index (Phi) is 20.2.